The molecular weight excluding hydrogens is 211 g/mol. The summed E-state index contributed by atoms with van der Waals surface area (Å²) in [5, 5.41) is 8.99. The number of carbonyl (C=O) groups is 1. The smallest absolute Gasteiger partial charge is 0.382 e. The SMILES string of the molecule is O=C(O)C#Cc1c(Cl)cccc1Cl. The van der Waals surface area contributed by atoms with Crippen molar-refractivity contribution in [1.82, 2.24) is 0 Å². The maximum absolute atomic E-state index is 10.1. The van der Waals surface area contributed by atoms with E-state index in [1.54, 1.807) is 18.2 Å². The number of halogens is 2. The molecule has 0 aliphatic rings. The Morgan fingerprint density at radius 1 is 1.31 bits per heavy atom. The standard InChI is InChI=1S/C9H4Cl2O2/c10-7-2-1-3-8(11)6(7)4-5-9(12)13/h1-3H,(H,12,13). The molecule has 1 N–H and O–H groups in total. The van der Waals surface area contributed by atoms with Crippen molar-refractivity contribution in [3.63, 3.8) is 0 Å². The molecule has 0 bridgehead atoms. The van der Waals surface area contributed by atoms with Crippen LogP contribution >= 0.6 is 23.2 Å². The summed E-state index contributed by atoms with van der Waals surface area (Å²) >= 11 is 11.5. The van der Waals surface area contributed by atoms with Gasteiger partial charge < -0.3 is 5.11 Å². The van der Waals surface area contributed by atoms with Crippen LogP contribution in [-0.4, -0.2) is 11.1 Å². The van der Waals surface area contributed by atoms with Gasteiger partial charge >= 0.3 is 5.97 Å². The van der Waals surface area contributed by atoms with E-state index in [1.807, 2.05) is 5.92 Å². The predicted octanol–water partition coefficient (Wildman–Crippen LogP) is 2.43. The molecule has 0 aliphatic heterocycles. The van der Waals surface area contributed by atoms with Crippen molar-refractivity contribution in [2.75, 3.05) is 0 Å². The lowest BCUT2D eigenvalue weighted by atomic mass is 10.2. The summed E-state index contributed by atoms with van der Waals surface area (Å²) in [6.45, 7) is 0. The van der Waals surface area contributed by atoms with Crippen molar-refractivity contribution in [3.8, 4) is 11.8 Å². The van der Waals surface area contributed by atoms with Crippen molar-refractivity contribution >= 4 is 29.2 Å². The van der Waals surface area contributed by atoms with Gasteiger partial charge in [-0.25, -0.2) is 4.79 Å². The van der Waals surface area contributed by atoms with Gasteiger partial charge in [0.05, 0.1) is 15.6 Å². The second-order valence-corrected chi connectivity index (χ2v) is 2.97. The highest BCUT2D eigenvalue weighted by molar-refractivity contribution is 6.36. The largest absolute Gasteiger partial charge is 0.472 e. The summed E-state index contributed by atoms with van der Waals surface area (Å²) in [6, 6.07) is 4.86. The molecule has 0 atom stereocenters. The third-order valence-electron chi connectivity index (χ3n) is 1.26. The number of carboxylic acid groups (broad SMARTS) is 1. The first-order valence-corrected chi connectivity index (χ1v) is 4.06. The van der Waals surface area contributed by atoms with Gasteiger partial charge in [-0.1, -0.05) is 35.2 Å². The molecule has 0 fully saturated rings. The Morgan fingerprint density at radius 3 is 2.31 bits per heavy atom. The zero-order valence-electron chi connectivity index (χ0n) is 6.34. The molecule has 0 spiro atoms. The molecule has 0 aromatic heterocycles. The van der Waals surface area contributed by atoms with Crippen molar-refractivity contribution in [3.05, 3.63) is 33.8 Å². The first-order chi connectivity index (χ1) is 6.11. The highest BCUT2D eigenvalue weighted by Gasteiger charge is 2.01. The Morgan fingerprint density at radius 2 is 1.85 bits per heavy atom. The zero-order valence-corrected chi connectivity index (χ0v) is 7.86. The summed E-state index contributed by atoms with van der Waals surface area (Å²) in [6.07, 6.45) is 0. The van der Waals surface area contributed by atoms with Crippen LogP contribution in [0.25, 0.3) is 0 Å². The van der Waals surface area contributed by atoms with Crippen LogP contribution in [0.15, 0.2) is 18.2 Å². The fraction of sp³-hybridized carbons (Fsp3) is 0. The average molecular weight is 215 g/mol. The molecule has 66 valence electrons. The number of hydrogen-bond donors (Lipinski definition) is 1. The maximum atomic E-state index is 10.1. The fourth-order valence-electron chi connectivity index (χ4n) is 0.733. The first kappa shape index (κ1) is 9.91. The number of aliphatic carboxylic acids is 1. The Labute approximate surface area is 85.1 Å². The topological polar surface area (TPSA) is 37.3 Å². The van der Waals surface area contributed by atoms with Crippen molar-refractivity contribution in [1.29, 1.82) is 0 Å². The van der Waals surface area contributed by atoms with Gasteiger partial charge in [0.1, 0.15) is 0 Å². The molecule has 0 saturated carbocycles. The molecule has 4 heteroatoms. The van der Waals surface area contributed by atoms with E-state index in [9.17, 15) is 4.79 Å². The monoisotopic (exact) mass is 214 g/mol. The van der Waals surface area contributed by atoms with Gasteiger partial charge in [-0.05, 0) is 12.1 Å². The summed E-state index contributed by atoms with van der Waals surface area (Å²) < 4.78 is 0. The van der Waals surface area contributed by atoms with Crippen LogP contribution in [0.1, 0.15) is 5.56 Å². The molecule has 0 radical (unpaired) electrons. The van der Waals surface area contributed by atoms with Crippen LogP contribution in [0.3, 0.4) is 0 Å². The lowest BCUT2D eigenvalue weighted by molar-refractivity contribution is -0.130. The number of benzene rings is 1. The molecule has 0 amide bonds. The number of hydrogen-bond acceptors (Lipinski definition) is 1. The molecule has 0 heterocycles. The average Bonchev–Trinajstić information content (AvgIpc) is 2.03. The van der Waals surface area contributed by atoms with E-state index in [2.05, 4.69) is 5.92 Å². The molecule has 13 heavy (non-hydrogen) atoms. The molecule has 0 aliphatic carbocycles. The summed E-state index contributed by atoms with van der Waals surface area (Å²) in [7, 11) is 0. The molecule has 0 unspecified atom stereocenters. The van der Waals surface area contributed by atoms with Gasteiger partial charge in [0.2, 0.25) is 0 Å². The number of rotatable bonds is 0. The van der Waals surface area contributed by atoms with Crippen LogP contribution in [0.2, 0.25) is 10.0 Å². The van der Waals surface area contributed by atoms with Crippen molar-refractivity contribution in [2.24, 2.45) is 0 Å². The van der Waals surface area contributed by atoms with Crippen LogP contribution < -0.4 is 0 Å². The zero-order chi connectivity index (χ0) is 9.84. The predicted molar refractivity (Wildman–Crippen MR) is 51.0 cm³/mol. The lowest BCUT2D eigenvalue weighted by Crippen LogP contribution is -1.88. The van der Waals surface area contributed by atoms with Crippen molar-refractivity contribution < 1.29 is 9.90 Å². The van der Waals surface area contributed by atoms with E-state index in [4.69, 9.17) is 28.3 Å². The Hall–Kier alpha value is -1.17. The molecule has 0 saturated heterocycles. The minimum absolute atomic E-state index is 0.341. The first-order valence-electron chi connectivity index (χ1n) is 3.30. The third-order valence-corrected chi connectivity index (χ3v) is 1.89. The van der Waals surface area contributed by atoms with Gasteiger partial charge in [0.25, 0.3) is 0 Å². The van der Waals surface area contributed by atoms with E-state index in [0.29, 0.717) is 15.6 Å². The van der Waals surface area contributed by atoms with E-state index in [-0.39, 0.29) is 0 Å². The normalized spacial score (nSPS) is 8.77. The van der Waals surface area contributed by atoms with E-state index in [1.165, 1.54) is 0 Å². The highest BCUT2D eigenvalue weighted by Crippen LogP contribution is 2.22. The van der Waals surface area contributed by atoms with Crippen LogP contribution in [-0.2, 0) is 4.79 Å². The Balaban J connectivity index is 3.16. The quantitative estimate of drug-likeness (QED) is 0.674. The second kappa shape index (κ2) is 4.18. The second-order valence-electron chi connectivity index (χ2n) is 2.15. The number of carboxylic acids is 1. The lowest BCUT2D eigenvalue weighted by Gasteiger charge is -1.96. The van der Waals surface area contributed by atoms with Crippen LogP contribution in [0, 0.1) is 11.8 Å². The minimum atomic E-state index is -1.21. The summed E-state index contributed by atoms with van der Waals surface area (Å²) in [5.41, 5.74) is 0.341. The molecule has 1 aromatic carbocycles. The molecule has 2 nitrogen and oxygen atoms in total. The van der Waals surface area contributed by atoms with Gasteiger partial charge in [-0.15, -0.1) is 0 Å². The van der Waals surface area contributed by atoms with Crippen molar-refractivity contribution in [2.45, 2.75) is 0 Å². The molecule has 1 aromatic rings. The Kier molecular flexibility index (Phi) is 3.18. The van der Waals surface area contributed by atoms with Gasteiger partial charge in [-0.3, -0.25) is 0 Å². The van der Waals surface area contributed by atoms with E-state index >= 15 is 0 Å². The van der Waals surface area contributed by atoms with Crippen LogP contribution in [0.4, 0.5) is 0 Å². The van der Waals surface area contributed by atoms with E-state index in [0.717, 1.165) is 0 Å². The third kappa shape index (κ3) is 2.66. The summed E-state index contributed by atoms with van der Waals surface area (Å²) in [4.78, 5) is 10.1. The Bertz CT molecular complexity index is 382. The van der Waals surface area contributed by atoms with Gasteiger partial charge in [-0.2, -0.15) is 0 Å². The van der Waals surface area contributed by atoms with Gasteiger partial charge in [0.15, 0.2) is 0 Å². The molecular formula is C9H4Cl2O2. The summed E-state index contributed by atoms with van der Waals surface area (Å²) in [5.74, 6) is 3.10. The van der Waals surface area contributed by atoms with Crippen LogP contribution in [0.5, 0.6) is 0 Å². The fourth-order valence-corrected chi connectivity index (χ4v) is 1.23. The van der Waals surface area contributed by atoms with Gasteiger partial charge in [0, 0.05) is 5.92 Å². The highest BCUT2D eigenvalue weighted by atomic mass is 35.5. The van der Waals surface area contributed by atoms with E-state index < -0.39 is 5.97 Å². The minimum Gasteiger partial charge on any atom is -0.472 e. The maximum Gasteiger partial charge on any atom is 0.382 e. The molecule has 1 rings (SSSR count).